The topological polar surface area (TPSA) is 54.9 Å². The molecule has 2 N–H and O–H groups in total. The number of aliphatic imine (C=N–C) groups is 1. The van der Waals surface area contributed by atoms with E-state index in [1.165, 1.54) is 17.5 Å². The van der Waals surface area contributed by atoms with Crippen LogP contribution in [0.15, 0.2) is 29.3 Å². The molecule has 26 heavy (non-hydrogen) atoms. The zero-order valence-electron chi connectivity index (χ0n) is 15.9. The first-order valence-electron chi connectivity index (χ1n) is 9.57. The third-order valence-corrected chi connectivity index (χ3v) is 4.86. The van der Waals surface area contributed by atoms with Crippen molar-refractivity contribution in [1.82, 2.24) is 10.6 Å². The van der Waals surface area contributed by atoms with Gasteiger partial charge in [-0.05, 0) is 44.2 Å². The maximum atomic E-state index is 5.79. The van der Waals surface area contributed by atoms with Crippen LogP contribution in [-0.4, -0.2) is 51.0 Å². The minimum Gasteiger partial charge on any atom is -0.379 e. The summed E-state index contributed by atoms with van der Waals surface area (Å²) in [7, 11) is 0. The highest BCUT2D eigenvalue weighted by molar-refractivity contribution is 14.0. The Bertz CT molecular complexity index is 576. The van der Waals surface area contributed by atoms with Gasteiger partial charge in [-0.1, -0.05) is 24.3 Å². The summed E-state index contributed by atoms with van der Waals surface area (Å²) in [6.45, 7) is 8.29. The number of aryl methyl sites for hydroxylation is 1. The summed E-state index contributed by atoms with van der Waals surface area (Å²) in [6, 6.07) is 9.17. The molecular formula is C20H32IN3O2. The average Bonchev–Trinajstić information content (AvgIpc) is 3.16. The van der Waals surface area contributed by atoms with E-state index in [4.69, 9.17) is 14.5 Å². The van der Waals surface area contributed by atoms with Crippen LogP contribution in [0, 0.1) is 6.92 Å². The van der Waals surface area contributed by atoms with Crippen LogP contribution in [0.25, 0.3) is 0 Å². The Hall–Kier alpha value is -0.860. The SMILES string of the molecule is CCNC(=NCCCOC1CCOC1)NC1CC1c1ccccc1C.I. The van der Waals surface area contributed by atoms with Crippen molar-refractivity contribution in [2.75, 3.05) is 32.9 Å². The third-order valence-electron chi connectivity index (χ3n) is 4.86. The summed E-state index contributed by atoms with van der Waals surface area (Å²) in [5, 5.41) is 6.93. The summed E-state index contributed by atoms with van der Waals surface area (Å²) in [5.74, 6) is 1.53. The van der Waals surface area contributed by atoms with Gasteiger partial charge in [-0.2, -0.15) is 0 Å². The van der Waals surface area contributed by atoms with Crippen molar-refractivity contribution in [2.45, 2.75) is 51.2 Å². The highest BCUT2D eigenvalue weighted by Gasteiger charge is 2.39. The molecule has 146 valence electrons. The summed E-state index contributed by atoms with van der Waals surface area (Å²) in [6.07, 6.45) is 3.44. The largest absolute Gasteiger partial charge is 0.379 e. The fourth-order valence-corrected chi connectivity index (χ4v) is 3.35. The number of hydrogen-bond donors (Lipinski definition) is 2. The second-order valence-electron chi connectivity index (χ2n) is 6.92. The maximum absolute atomic E-state index is 5.79. The van der Waals surface area contributed by atoms with Gasteiger partial charge in [-0.15, -0.1) is 24.0 Å². The third kappa shape index (κ3) is 6.39. The molecule has 1 aromatic carbocycles. The van der Waals surface area contributed by atoms with E-state index >= 15 is 0 Å². The quantitative estimate of drug-likeness (QED) is 0.264. The molecule has 5 nitrogen and oxygen atoms in total. The van der Waals surface area contributed by atoms with Crippen molar-refractivity contribution in [2.24, 2.45) is 4.99 Å². The zero-order chi connectivity index (χ0) is 17.5. The molecule has 1 aromatic rings. The van der Waals surface area contributed by atoms with Gasteiger partial charge in [0, 0.05) is 38.3 Å². The summed E-state index contributed by atoms with van der Waals surface area (Å²) in [4.78, 5) is 4.69. The van der Waals surface area contributed by atoms with Crippen LogP contribution in [0.3, 0.4) is 0 Å². The Morgan fingerprint density at radius 2 is 2.19 bits per heavy atom. The maximum Gasteiger partial charge on any atom is 0.191 e. The van der Waals surface area contributed by atoms with Gasteiger partial charge >= 0.3 is 0 Å². The molecule has 6 heteroatoms. The molecule has 0 radical (unpaired) electrons. The molecule has 1 aliphatic heterocycles. The Kier molecular flexibility index (Phi) is 9.15. The van der Waals surface area contributed by atoms with Crippen molar-refractivity contribution in [1.29, 1.82) is 0 Å². The minimum atomic E-state index is 0. The van der Waals surface area contributed by atoms with E-state index in [-0.39, 0.29) is 30.1 Å². The smallest absolute Gasteiger partial charge is 0.191 e. The average molecular weight is 473 g/mol. The minimum absolute atomic E-state index is 0. The van der Waals surface area contributed by atoms with E-state index in [0.717, 1.165) is 51.7 Å². The number of nitrogens with zero attached hydrogens (tertiary/aromatic N) is 1. The van der Waals surface area contributed by atoms with Crippen LogP contribution >= 0.6 is 24.0 Å². The lowest BCUT2D eigenvalue weighted by molar-refractivity contribution is 0.0424. The first kappa shape index (κ1) is 21.4. The van der Waals surface area contributed by atoms with Crippen LogP contribution in [0.5, 0.6) is 0 Å². The molecule has 3 unspecified atom stereocenters. The van der Waals surface area contributed by atoms with E-state index in [9.17, 15) is 0 Å². The van der Waals surface area contributed by atoms with Gasteiger partial charge in [0.1, 0.15) is 0 Å². The molecule has 1 heterocycles. The van der Waals surface area contributed by atoms with Gasteiger partial charge in [0.2, 0.25) is 0 Å². The number of nitrogens with one attached hydrogen (secondary N) is 2. The van der Waals surface area contributed by atoms with Crippen LogP contribution in [-0.2, 0) is 9.47 Å². The lowest BCUT2D eigenvalue weighted by Crippen LogP contribution is -2.39. The zero-order valence-corrected chi connectivity index (χ0v) is 18.2. The molecule has 3 atom stereocenters. The molecule has 0 amide bonds. The fraction of sp³-hybridized carbons (Fsp3) is 0.650. The summed E-state index contributed by atoms with van der Waals surface area (Å²) >= 11 is 0. The summed E-state index contributed by atoms with van der Waals surface area (Å²) in [5.41, 5.74) is 2.84. The predicted octanol–water partition coefficient (Wildman–Crippen LogP) is 3.22. The Labute approximate surface area is 174 Å². The molecule has 0 aromatic heterocycles. The molecular weight excluding hydrogens is 441 g/mol. The Balaban J connectivity index is 0.00000243. The number of guanidine groups is 1. The molecule has 1 saturated carbocycles. The van der Waals surface area contributed by atoms with Gasteiger partial charge in [-0.3, -0.25) is 4.99 Å². The fourth-order valence-electron chi connectivity index (χ4n) is 3.35. The Morgan fingerprint density at radius 3 is 2.92 bits per heavy atom. The van der Waals surface area contributed by atoms with E-state index in [0.29, 0.717) is 12.0 Å². The number of benzene rings is 1. The molecule has 1 saturated heterocycles. The molecule has 2 aliphatic rings. The van der Waals surface area contributed by atoms with Crippen LogP contribution in [0.2, 0.25) is 0 Å². The van der Waals surface area contributed by atoms with Crippen LogP contribution in [0.4, 0.5) is 0 Å². The van der Waals surface area contributed by atoms with Crippen LogP contribution < -0.4 is 10.6 Å². The van der Waals surface area contributed by atoms with E-state index < -0.39 is 0 Å². The molecule has 0 spiro atoms. The molecule has 1 aliphatic carbocycles. The predicted molar refractivity (Wildman–Crippen MR) is 117 cm³/mol. The standard InChI is InChI=1S/C20H31N3O2.HI/c1-3-21-20(22-10-6-11-25-16-9-12-24-14-16)23-19-13-18(19)17-8-5-4-7-15(17)2;/h4-5,7-8,16,18-19H,3,6,9-14H2,1-2H3,(H2,21,22,23);1H. The van der Waals surface area contributed by atoms with Gasteiger partial charge in [0.05, 0.1) is 12.7 Å². The number of hydrogen-bond acceptors (Lipinski definition) is 3. The van der Waals surface area contributed by atoms with Gasteiger partial charge < -0.3 is 20.1 Å². The monoisotopic (exact) mass is 473 g/mol. The first-order chi connectivity index (χ1) is 12.3. The lowest BCUT2D eigenvalue weighted by atomic mass is 10.0. The lowest BCUT2D eigenvalue weighted by Gasteiger charge is -2.12. The Morgan fingerprint density at radius 1 is 1.35 bits per heavy atom. The number of halogens is 1. The number of rotatable bonds is 8. The van der Waals surface area contributed by atoms with Crippen molar-refractivity contribution in [3.8, 4) is 0 Å². The highest BCUT2D eigenvalue weighted by Crippen LogP contribution is 2.41. The van der Waals surface area contributed by atoms with Crippen molar-refractivity contribution in [3.63, 3.8) is 0 Å². The van der Waals surface area contributed by atoms with E-state index in [1.807, 2.05) is 0 Å². The number of ether oxygens (including phenoxy) is 2. The normalized spacial score (nSPS) is 24.8. The first-order valence-corrected chi connectivity index (χ1v) is 9.57. The van der Waals surface area contributed by atoms with Gasteiger partial charge in [0.25, 0.3) is 0 Å². The second kappa shape index (κ2) is 11.1. The summed E-state index contributed by atoms with van der Waals surface area (Å²) < 4.78 is 11.1. The van der Waals surface area contributed by atoms with Gasteiger partial charge in [-0.25, -0.2) is 0 Å². The molecule has 0 bridgehead atoms. The second-order valence-corrected chi connectivity index (χ2v) is 6.92. The van der Waals surface area contributed by atoms with Gasteiger partial charge in [0.15, 0.2) is 5.96 Å². The van der Waals surface area contributed by atoms with Crippen molar-refractivity contribution < 1.29 is 9.47 Å². The van der Waals surface area contributed by atoms with Crippen molar-refractivity contribution >= 4 is 29.9 Å². The van der Waals surface area contributed by atoms with Crippen LogP contribution in [0.1, 0.15) is 43.2 Å². The molecule has 2 fully saturated rings. The van der Waals surface area contributed by atoms with E-state index in [1.54, 1.807) is 0 Å². The molecule has 3 rings (SSSR count). The van der Waals surface area contributed by atoms with Crippen molar-refractivity contribution in [3.05, 3.63) is 35.4 Å². The highest BCUT2D eigenvalue weighted by atomic mass is 127. The van der Waals surface area contributed by atoms with E-state index in [2.05, 4.69) is 48.7 Å².